The molecule has 2 aliphatic heterocycles. The van der Waals surface area contributed by atoms with Crippen molar-refractivity contribution in [1.82, 2.24) is 15.2 Å². The number of benzene rings is 2. The van der Waals surface area contributed by atoms with Gasteiger partial charge in [-0.1, -0.05) is 24.3 Å². The first kappa shape index (κ1) is 28.5. The minimum atomic E-state index is 0.0373. The van der Waals surface area contributed by atoms with Crippen molar-refractivity contribution in [2.24, 2.45) is 0 Å². The van der Waals surface area contributed by atoms with Crippen LogP contribution in [0.2, 0.25) is 0 Å². The van der Waals surface area contributed by atoms with Crippen molar-refractivity contribution in [3.63, 3.8) is 0 Å². The summed E-state index contributed by atoms with van der Waals surface area (Å²) in [6, 6.07) is 22.9. The third kappa shape index (κ3) is 7.02. The summed E-state index contributed by atoms with van der Waals surface area (Å²) in [5, 5.41) is 12.6. The van der Waals surface area contributed by atoms with Crippen molar-refractivity contribution in [2.45, 2.75) is 44.3 Å². The van der Waals surface area contributed by atoms with E-state index in [2.05, 4.69) is 57.5 Å². The number of hydrogen-bond acceptors (Lipinski definition) is 5. The van der Waals surface area contributed by atoms with Crippen LogP contribution in [0.5, 0.6) is 0 Å². The molecule has 1 aromatic heterocycles. The lowest BCUT2D eigenvalue weighted by Gasteiger charge is -2.49. The fourth-order valence-electron chi connectivity index (χ4n) is 6.31. The number of rotatable bonds is 8. The van der Waals surface area contributed by atoms with Gasteiger partial charge >= 0.3 is 0 Å². The summed E-state index contributed by atoms with van der Waals surface area (Å²) >= 11 is 0. The molecule has 7 heteroatoms. The van der Waals surface area contributed by atoms with Crippen molar-refractivity contribution in [3.05, 3.63) is 95.8 Å². The molecule has 0 spiro atoms. The fourth-order valence-corrected chi connectivity index (χ4v) is 6.31. The van der Waals surface area contributed by atoms with E-state index in [9.17, 15) is 4.79 Å². The van der Waals surface area contributed by atoms with Gasteiger partial charge in [-0.05, 0) is 53.6 Å². The highest BCUT2D eigenvalue weighted by Gasteiger charge is 2.39. The molecule has 2 aromatic carbocycles. The number of carbonyl (C=O) groups excluding carboxylic acids is 1. The summed E-state index contributed by atoms with van der Waals surface area (Å²) in [5.74, 6) is 0.0373. The zero-order valence-corrected chi connectivity index (χ0v) is 24.2. The van der Waals surface area contributed by atoms with Crippen molar-refractivity contribution < 1.29 is 9.28 Å². The van der Waals surface area contributed by atoms with Crippen molar-refractivity contribution >= 4 is 23.4 Å². The molecular weight excluding hydrogens is 508 g/mol. The second kappa shape index (κ2) is 13.1. The third-order valence-corrected chi connectivity index (χ3v) is 9.05. The number of aromatic nitrogens is 1. The Morgan fingerprint density at radius 3 is 2.24 bits per heavy atom. The van der Waals surface area contributed by atoms with E-state index in [4.69, 9.17) is 5.26 Å². The van der Waals surface area contributed by atoms with Crippen molar-refractivity contribution in [3.8, 4) is 6.07 Å². The van der Waals surface area contributed by atoms with Gasteiger partial charge in [0, 0.05) is 88.3 Å². The average Bonchev–Trinajstić information content (AvgIpc) is 3.04. The first-order valence-corrected chi connectivity index (χ1v) is 14.7. The molecule has 0 saturated carbocycles. The lowest BCUT2D eigenvalue weighted by Crippen LogP contribution is -2.61. The van der Waals surface area contributed by atoms with E-state index in [1.54, 1.807) is 30.6 Å². The lowest BCUT2D eigenvalue weighted by molar-refractivity contribution is -0.939. The Bertz CT molecular complexity index is 1350. The molecule has 3 heterocycles. The second-order valence-corrected chi connectivity index (χ2v) is 11.6. The second-order valence-electron chi connectivity index (χ2n) is 11.6. The lowest BCUT2D eigenvalue weighted by atomic mass is 9.94. The third-order valence-electron chi connectivity index (χ3n) is 9.05. The molecule has 1 amide bonds. The zero-order chi connectivity index (χ0) is 28.7. The van der Waals surface area contributed by atoms with Gasteiger partial charge in [-0.2, -0.15) is 5.26 Å². The highest BCUT2D eigenvalue weighted by molar-refractivity contribution is 5.92. The summed E-state index contributed by atoms with van der Waals surface area (Å²) in [6.07, 6.45) is 11.7. The smallest absolute Gasteiger partial charge is 0.247 e. The normalized spacial score (nSPS) is 21.3. The zero-order valence-electron chi connectivity index (χ0n) is 24.2. The Labute approximate surface area is 244 Å². The first-order chi connectivity index (χ1) is 19.9. The van der Waals surface area contributed by atoms with Crippen LogP contribution in [0.25, 0.3) is 6.08 Å². The van der Waals surface area contributed by atoms with Crippen LogP contribution in [0, 0.1) is 11.3 Å². The molecule has 1 N–H and O–H groups in total. The molecule has 2 saturated heterocycles. The van der Waals surface area contributed by atoms with E-state index in [-0.39, 0.29) is 11.9 Å². The maximum absolute atomic E-state index is 13.7. The molecule has 0 radical (unpaired) electrons. The summed E-state index contributed by atoms with van der Waals surface area (Å²) < 4.78 is 1.12. The number of nitrogens with zero attached hydrogens (tertiary/aromatic N) is 5. The molecule has 0 bridgehead atoms. The largest absolute Gasteiger partial charge is 0.345 e. The number of piperidine rings is 2. The van der Waals surface area contributed by atoms with E-state index < -0.39 is 0 Å². The van der Waals surface area contributed by atoms with Crippen LogP contribution < -0.4 is 10.2 Å². The van der Waals surface area contributed by atoms with E-state index in [0.717, 1.165) is 66.0 Å². The van der Waals surface area contributed by atoms with Crippen LogP contribution in [0.3, 0.4) is 0 Å². The highest BCUT2D eigenvalue weighted by atomic mass is 16.2. The number of amides is 1. The number of nitriles is 1. The molecule has 7 nitrogen and oxygen atoms in total. The predicted molar refractivity (Wildman–Crippen MR) is 164 cm³/mol. The topological polar surface area (TPSA) is 72.3 Å². The number of pyridine rings is 1. The first-order valence-electron chi connectivity index (χ1n) is 14.7. The Balaban J connectivity index is 1.32. The Morgan fingerprint density at radius 1 is 0.976 bits per heavy atom. The van der Waals surface area contributed by atoms with Gasteiger partial charge in [0.2, 0.25) is 5.91 Å². The number of anilines is 2. The summed E-state index contributed by atoms with van der Waals surface area (Å²) in [6.45, 7) is 5.01. The van der Waals surface area contributed by atoms with E-state index >= 15 is 0 Å². The molecule has 0 aliphatic carbocycles. The minimum Gasteiger partial charge on any atom is -0.345 e. The van der Waals surface area contributed by atoms with Crippen LogP contribution in [0.4, 0.5) is 11.4 Å². The molecule has 41 heavy (non-hydrogen) atoms. The van der Waals surface area contributed by atoms with Crippen molar-refractivity contribution in [1.29, 1.82) is 5.26 Å². The standard InChI is InChI=1S/C34H41N6O/c1-38(31-13-19-36-20-14-31)30-10-7-29(8-11-30)26-39(34(41)12-9-27-3-5-28(25-35)6-4-27)32-17-23-40(2,24-18-32)33-15-21-37-22-16-33/h3-14,19-20,32-33,37H,15-18,21-24,26H2,1-2H3/q+1/b12-9+. The number of carbonyl (C=O) groups is 1. The van der Waals surface area contributed by atoms with E-state index in [1.807, 2.05) is 37.4 Å². The van der Waals surface area contributed by atoms with Gasteiger partial charge in [-0.25, -0.2) is 0 Å². The van der Waals surface area contributed by atoms with Crippen LogP contribution in [-0.4, -0.2) is 72.6 Å². The highest BCUT2D eigenvalue weighted by Crippen LogP contribution is 2.29. The van der Waals surface area contributed by atoms with Gasteiger partial charge in [0.15, 0.2) is 0 Å². The van der Waals surface area contributed by atoms with E-state index in [0.29, 0.717) is 18.2 Å². The quantitative estimate of drug-likeness (QED) is 0.312. The summed E-state index contributed by atoms with van der Waals surface area (Å²) in [4.78, 5) is 22.1. The van der Waals surface area contributed by atoms with Crippen LogP contribution >= 0.6 is 0 Å². The average molecular weight is 550 g/mol. The Morgan fingerprint density at radius 2 is 1.61 bits per heavy atom. The molecule has 0 unspecified atom stereocenters. The summed E-state index contributed by atoms with van der Waals surface area (Å²) in [5.41, 5.74) is 4.82. The molecule has 3 aromatic rings. The van der Waals surface area contributed by atoms with E-state index in [1.165, 1.54) is 12.8 Å². The molecular formula is C34H41N6O+. The number of nitrogens with one attached hydrogen (secondary N) is 1. The fraction of sp³-hybridized carbons (Fsp3) is 0.382. The number of hydrogen-bond donors (Lipinski definition) is 1. The Hall–Kier alpha value is -3.99. The molecule has 5 rings (SSSR count). The van der Waals surface area contributed by atoms with Gasteiger partial charge in [0.25, 0.3) is 0 Å². The summed E-state index contributed by atoms with van der Waals surface area (Å²) in [7, 11) is 4.47. The Kier molecular flexibility index (Phi) is 9.13. The molecule has 2 fully saturated rings. The van der Waals surface area contributed by atoms with Gasteiger partial charge < -0.3 is 19.6 Å². The van der Waals surface area contributed by atoms with Gasteiger partial charge in [0.05, 0.1) is 37.8 Å². The van der Waals surface area contributed by atoms with Gasteiger partial charge in [-0.15, -0.1) is 0 Å². The maximum atomic E-state index is 13.7. The van der Waals surface area contributed by atoms with Crippen molar-refractivity contribution in [2.75, 3.05) is 45.2 Å². The molecule has 2 aliphatic rings. The number of likely N-dealkylation sites (tertiary alicyclic amines) is 1. The van der Waals surface area contributed by atoms with Gasteiger partial charge in [0.1, 0.15) is 0 Å². The van der Waals surface area contributed by atoms with Crippen LogP contribution in [0.1, 0.15) is 42.4 Å². The van der Waals surface area contributed by atoms with Gasteiger partial charge in [-0.3, -0.25) is 9.78 Å². The predicted octanol–water partition coefficient (Wildman–Crippen LogP) is 5.12. The molecule has 212 valence electrons. The molecule has 0 atom stereocenters. The maximum Gasteiger partial charge on any atom is 0.247 e. The van der Waals surface area contributed by atoms with Crippen LogP contribution in [0.15, 0.2) is 79.1 Å². The SMILES string of the molecule is CN(c1ccncc1)c1ccc(CN(C(=O)/C=C/c2ccc(C#N)cc2)C2CC[N+](C)(C3CCNCC3)CC2)cc1. The number of quaternary nitrogens is 1. The minimum absolute atomic E-state index is 0.0373. The van der Waals surface area contributed by atoms with Crippen LogP contribution in [-0.2, 0) is 11.3 Å². The monoisotopic (exact) mass is 549 g/mol.